The first-order chi connectivity index (χ1) is 12.9. The Hall–Kier alpha value is -2.39. The van der Waals surface area contributed by atoms with Crippen LogP contribution in [0.5, 0.6) is 5.75 Å². The number of ether oxygens (including phenoxy) is 1. The average molecular weight is 391 g/mol. The standard InChI is InChI=1S/C18H21N3O5S/c1-12-13(11-19-26-12)18(22)21-9-7-14-15(8-10-21)25-16-5-3-4-6-17(16)27(23,24)20(14)2/h3-6,11,14-15H,7-10H2,1-2H3/t14-,15-/m1/s1. The summed E-state index contributed by atoms with van der Waals surface area (Å²) < 4.78 is 38.4. The highest BCUT2D eigenvalue weighted by atomic mass is 32.2. The van der Waals surface area contributed by atoms with E-state index in [4.69, 9.17) is 9.26 Å². The van der Waals surface area contributed by atoms with Crippen molar-refractivity contribution >= 4 is 15.9 Å². The van der Waals surface area contributed by atoms with Gasteiger partial charge in [0.25, 0.3) is 5.91 Å². The van der Waals surface area contributed by atoms with Gasteiger partial charge in [0.05, 0.1) is 12.2 Å². The lowest BCUT2D eigenvalue weighted by Crippen LogP contribution is -2.44. The normalized spacial score (nSPS) is 24.9. The van der Waals surface area contributed by atoms with Crippen LogP contribution in [-0.4, -0.2) is 61.0 Å². The molecule has 2 aliphatic heterocycles. The number of hydrogen-bond donors (Lipinski definition) is 0. The summed E-state index contributed by atoms with van der Waals surface area (Å²) in [6.07, 6.45) is 2.12. The number of carbonyl (C=O) groups excluding carboxylic acids is 1. The van der Waals surface area contributed by atoms with Crippen LogP contribution < -0.4 is 4.74 Å². The van der Waals surface area contributed by atoms with E-state index < -0.39 is 10.0 Å². The maximum atomic E-state index is 13.0. The lowest BCUT2D eigenvalue weighted by molar-refractivity contribution is 0.0753. The summed E-state index contributed by atoms with van der Waals surface area (Å²) in [5.74, 6) is 0.686. The topological polar surface area (TPSA) is 93.0 Å². The molecule has 1 aromatic heterocycles. The second kappa shape index (κ2) is 6.65. The zero-order valence-corrected chi connectivity index (χ0v) is 16.0. The molecule has 9 heteroatoms. The molecule has 8 nitrogen and oxygen atoms in total. The van der Waals surface area contributed by atoms with Gasteiger partial charge in [0.2, 0.25) is 10.0 Å². The SMILES string of the molecule is Cc1oncc1C(=O)N1CC[C@@H]2[C@@H](CC1)Oc1ccccc1S(=O)(=O)N2C. The molecule has 0 spiro atoms. The van der Waals surface area contributed by atoms with Crippen LogP contribution in [0, 0.1) is 6.92 Å². The lowest BCUT2D eigenvalue weighted by atomic mass is 10.1. The predicted molar refractivity (Wildman–Crippen MR) is 96.0 cm³/mol. The highest BCUT2D eigenvalue weighted by molar-refractivity contribution is 7.89. The molecular weight excluding hydrogens is 370 g/mol. The van der Waals surface area contributed by atoms with Gasteiger partial charge in [-0.2, -0.15) is 4.31 Å². The minimum Gasteiger partial charge on any atom is -0.487 e. The van der Waals surface area contributed by atoms with Crippen molar-refractivity contribution < 1.29 is 22.5 Å². The van der Waals surface area contributed by atoms with Crippen molar-refractivity contribution in [2.75, 3.05) is 20.1 Å². The van der Waals surface area contributed by atoms with E-state index in [0.717, 1.165) is 0 Å². The number of hydrogen-bond acceptors (Lipinski definition) is 6. The first-order valence-corrected chi connectivity index (χ1v) is 10.3. The van der Waals surface area contributed by atoms with E-state index in [1.165, 1.54) is 10.5 Å². The van der Waals surface area contributed by atoms with E-state index in [1.54, 1.807) is 43.1 Å². The fraction of sp³-hybridized carbons (Fsp3) is 0.444. The van der Waals surface area contributed by atoms with E-state index in [1.807, 2.05) is 0 Å². The maximum absolute atomic E-state index is 13.0. The van der Waals surface area contributed by atoms with Crippen molar-refractivity contribution in [3.05, 3.63) is 41.8 Å². The Balaban J connectivity index is 1.62. The van der Waals surface area contributed by atoms with Crippen molar-refractivity contribution in [1.82, 2.24) is 14.4 Å². The lowest BCUT2D eigenvalue weighted by Gasteiger charge is -2.28. The van der Waals surface area contributed by atoms with Gasteiger partial charge in [-0.25, -0.2) is 8.42 Å². The molecule has 1 saturated heterocycles. The summed E-state index contributed by atoms with van der Waals surface area (Å²) >= 11 is 0. The second-order valence-electron chi connectivity index (χ2n) is 6.86. The van der Waals surface area contributed by atoms with Gasteiger partial charge in [-0.15, -0.1) is 0 Å². The molecule has 0 aliphatic carbocycles. The van der Waals surface area contributed by atoms with Crippen LogP contribution in [0.15, 0.2) is 39.9 Å². The first kappa shape index (κ1) is 18.0. The molecule has 4 rings (SSSR count). The zero-order valence-electron chi connectivity index (χ0n) is 15.2. The van der Waals surface area contributed by atoms with Crippen LogP contribution in [0.25, 0.3) is 0 Å². The van der Waals surface area contributed by atoms with Gasteiger partial charge >= 0.3 is 0 Å². The Morgan fingerprint density at radius 2 is 1.96 bits per heavy atom. The number of benzene rings is 1. The number of para-hydroxylation sites is 1. The number of fused-ring (bicyclic) bond motifs is 2. The molecule has 0 radical (unpaired) electrons. The first-order valence-electron chi connectivity index (χ1n) is 8.84. The summed E-state index contributed by atoms with van der Waals surface area (Å²) in [6.45, 7) is 2.60. The Kier molecular flexibility index (Phi) is 4.43. The minimum absolute atomic E-state index is 0.156. The Bertz CT molecular complexity index is 971. The van der Waals surface area contributed by atoms with Crippen molar-refractivity contribution in [2.45, 2.75) is 36.8 Å². The van der Waals surface area contributed by atoms with Crippen molar-refractivity contribution in [3.63, 3.8) is 0 Å². The monoisotopic (exact) mass is 391 g/mol. The molecule has 27 heavy (non-hydrogen) atoms. The average Bonchev–Trinajstić information content (AvgIpc) is 2.94. The molecule has 2 atom stereocenters. The van der Waals surface area contributed by atoms with E-state index in [-0.39, 0.29) is 22.9 Å². The summed E-state index contributed by atoms with van der Waals surface area (Å²) in [4.78, 5) is 14.7. The number of likely N-dealkylation sites (tertiary alicyclic amines) is 1. The van der Waals surface area contributed by atoms with Gasteiger partial charge < -0.3 is 14.2 Å². The number of aromatic nitrogens is 1. The van der Waals surface area contributed by atoms with Crippen molar-refractivity contribution in [3.8, 4) is 5.75 Å². The number of carbonyl (C=O) groups is 1. The fourth-order valence-corrected chi connectivity index (χ4v) is 5.28. The van der Waals surface area contributed by atoms with Gasteiger partial charge in [-0.05, 0) is 25.5 Å². The number of likely N-dealkylation sites (N-methyl/N-ethyl adjacent to an activating group) is 1. The van der Waals surface area contributed by atoms with E-state index in [2.05, 4.69) is 5.16 Å². The molecule has 2 aromatic rings. The fourth-order valence-electron chi connectivity index (χ4n) is 3.75. The zero-order chi connectivity index (χ0) is 19.2. The van der Waals surface area contributed by atoms with Crippen LogP contribution in [-0.2, 0) is 10.0 Å². The van der Waals surface area contributed by atoms with Gasteiger partial charge in [-0.1, -0.05) is 17.3 Å². The highest BCUT2D eigenvalue weighted by Gasteiger charge is 2.41. The van der Waals surface area contributed by atoms with Gasteiger partial charge in [0, 0.05) is 26.6 Å². The summed E-state index contributed by atoms with van der Waals surface area (Å²) in [7, 11) is -2.07. The van der Waals surface area contributed by atoms with E-state index >= 15 is 0 Å². The molecule has 144 valence electrons. The smallest absolute Gasteiger partial charge is 0.259 e. The van der Waals surface area contributed by atoms with E-state index in [9.17, 15) is 13.2 Å². The largest absolute Gasteiger partial charge is 0.487 e. The third-order valence-electron chi connectivity index (χ3n) is 5.33. The Morgan fingerprint density at radius 1 is 1.22 bits per heavy atom. The third-order valence-corrected chi connectivity index (χ3v) is 7.25. The number of aryl methyl sites for hydroxylation is 1. The number of nitrogens with zero attached hydrogens (tertiary/aromatic N) is 3. The minimum atomic E-state index is -3.65. The molecule has 0 N–H and O–H groups in total. The van der Waals surface area contributed by atoms with Gasteiger partial charge in [-0.3, -0.25) is 4.79 Å². The predicted octanol–water partition coefficient (Wildman–Crippen LogP) is 1.67. The van der Waals surface area contributed by atoms with Gasteiger partial charge in [0.1, 0.15) is 28.1 Å². The number of amides is 1. The Labute approximate surface area is 157 Å². The van der Waals surface area contributed by atoms with Gasteiger partial charge in [0.15, 0.2) is 0 Å². The molecular formula is C18H21N3O5S. The third kappa shape index (κ3) is 3.00. The molecule has 3 heterocycles. The second-order valence-corrected chi connectivity index (χ2v) is 8.82. The highest BCUT2D eigenvalue weighted by Crippen LogP contribution is 2.35. The van der Waals surface area contributed by atoms with Crippen LogP contribution >= 0.6 is 0 Å². The van der Waals surface area contributed by atoms with Crippen LogP contribution in [0.2, 0.25) is 0 Å². The van der Waals surface area contributed by atoms with Crippen molar-refractivity contribution in [1.29, 1.82) is 0 Å². The molecule has 1 fully saturated rings. The summed E-state index contributed by atoms with van der Waals surface area (Å²) in [5, 5.41) is 3.67. The van der Waals surface area contributed by atoms with Crippen molar-refractivity contribution in [2.24, 2.45) is 0 Å². The quantitative estimate of drug-likeness (QED) is 0.734. The molecule has 2 aliphatic rings. The molecule has 1 amide bonds. The van der Waals surface area contributed by atoms with E-state index in [0.29, 0.717) is 43.0 Å². The summed E-state index contributed by atoms with van der Waals surface area (Å²) in [6, 6.07) is 6.35. The molecule has 0 saturated carbocycles. The van der Waals surface area contributed by atoms with Crippen LogP contribution in [0.1, 0.15) is 29.0 Å². The molecule has 0 bridgehead atoms. The summed E-state index contributed by atoms with van der Waals surface area (Å²) in [5.41, 5.74) is 0.435. The number of rotatable bonds is 1. The molecule has 0 unspecified atom stereocenters. The molecule has 1 aromatic carbocycles. The maximum Gasteiger partial charge on any atom is 0.259 e. The van der Waals surface area contributed by atoms with Crippen LogP contribution in [0.3, 0.4) is 0 Å². The van der Waals surface area contributed by atoms with Crippen LogP contribution in [0.4, 0.5) is 0 Å². The Morgan fingerprint density at radius 3 is 2.70 bits per heavy atom. The number of sulfonamides is 1.